The number of fused-ring (bicyclic) bond motifs is 1. The number of hydrogen-bond donors (Lipinski definition) is 0. The van der Waals surface area contributed by atoms with Crippen LogP contribution < -0.4 is 11.3 Å². The molecule has 3 heterocycles. The van der Waals surface area contributed by atoms with E-state index in [1.807, 2.05) is 12.1 Å². The van der Waals surface area contributed by atoms with Crippen LogP contribution in [0.5, 0.6) is 0 Å². The monoisotopic (exact) mass is 398 g/mol. The Morgan fingerprint density at radius 3 is 2.59 bits per heavy atom. The van der Waals surface area contributed by atoms with Crippen molar-refractivity contribution in [2.45, 2.75) is 32.6 Å². The molecule has 0 aliphatic carbocycles. The third-order valence-corrected chi connectivity index (χ3v) is 4.71. The van der Waals surface area contributed by atoms with E-state index >= 15 is 0 Å². The highest BCUT2D eigenvalue weighted by Crippen LogP contribution is 2.16. The molecule has 4 aromatic rings. The fourth-order valence-corrected chi connectivity index (χ4v) is 3.07. The van der Waals surface area contributed by atoms with Crippen LogP contribution in [0.2, 0.25) is 0 Å². The van der Waals surface area contributed by atoms with Gasteiger partial charge < -0.3 is 8.98 Å². The summed E-state index contributed by atoms with van der Waals surface area (Å²) in [4.78, 5) is 32.8. The van der Waals surface area contributed by atoms with Crippen molar-refractivity contribution in [1.82, 2.24) is 28.9 Å². The van der Waals surface area contributed by atoms with Crippen molar-refractivity contribution in [2.75, 3.05) is 0 Å². The summed E-state index contributed by atoms with van der Waals surface area (Å²) in [5, 5.41) is 4.16. The average Bonchev–Trinajstić information content (AvgIpc) is 3.25. The predicted octanol–water partition coefficient (Wildman–Crippen LogP) is 1.60. The van der Waals surface area contributed by atoms with Gasteiger partial charge in [0.25, 0.3) is 5.56 Å². The summed E-state index contributed by atoms with van der Waals surface area (Å²) in [6.07, 6.45) is 2.38. The van der Waals surface area contributed by atoms with Gasteiger partial charge in [0, 0.05) is 7.05 Å². The third-order valence-electron chi connectivity index (χ3n) is 4.71. The maximum atomic E-state index is 13.3. The number of hydrogen-bond acceptors (Lipinski definition) is 6. The summed E-state index contributed by atoms with van der Waals surface area (Å²) in [6.45, 7) is 1.78. The molecule has 0 spiro atoms. The van der Waals surface area contributed by atoms with Crippen molar-refractivity contribution in [1.29, 1.82) is 0 Å². The quantitative estimate of drug-likeness (QED) is 0.489. The molecule has 0 radical (unpaired) electrons. The largest absolute Gasteiger partial charge is 0.437 e. The second-order valence-corrected chi connectivity index (χ2v) is 6.80. The zero-order chi connectivity index (χ0) is 20.5. The molecule has 0 amide bonds. The maximum absolute atomic E-state index is 13.3. The normalized spacial score (nSPS) is 12.5. The van der Waals surface area contributed by atoms with Crippen molar-refractivity contribution in [2.24, 2.45) is 7.05 Å². The molecule has 0 saturated heterocycles. The Morgan fingerprint density at radius 2 is 1.86 bits per heavy atom. The zero-order valence-corrected chi connectivity index (χ0v) is 15.9. The molecule has 0 aliphatic heterocycles. The Hall–Kier alpha value is -3.56. The van der Waals surface area contributed by atoms with Gasteiger partial charge in [0.2, 0.25) is 5.89 Å². The van der Waals surface area contributed by atoms with Gasteiger partial charge >= 0.3 is 5.76 Å². The van der Waals surface area contributed by atoms with E-state index in [-0.39, 0.29) is 18.0 Å². The van der Waals surface area contributed by atoms with Crippen molar-refractivity contribution >= 4 is 11.2 Å². The summed E-state index contributed by atoms with van der Waals surface area (Å²) in [7, 11) is 1.71. The summed E-state index contributed by atoms with van der Waals surface area (Å²) in [5.74, 6) is -0.487. The Morgan fingerprint density at radius 1 is 1.14 bits per heavy atom. The van der Waals surface area contributed by atoms with Crippen LogP contribution in [0.3, 0.4) is 0 Å². The second kappa shape index (κ2) is 7.46. The number of imidazole rings is 1. The minimum Gasteiger partial charge on any atom is -0.390 e. The van der Waals surface area contributed by atoms with Crippen LogP contribution in [0.4, 0.5) is 4.39 Å². The lowest BCUT2D eigenvalue weighted by atomic mass is 10.1. The van der Waals surface area contributed by atoms with Crippen molar-refractivity contribution in [3.05, 3.63) is 74.8 Å². The highest BCUT2D eigenvalue weighted by atomic mass is 19.1. The van der Waals surface area contributed by atoms with Gasteiger partial charge in [-0.1, -0.05) is 24.3 Å². The molecule has 1 aromatic carbocycles. The molecule has 150 valence electrons. The number of rotatable bonds is 6. The molecule has 1 atom stereocenters. The van der Waals surface area contributed by atoms with Crippen molar-refractivity contribution < 1.29 is 8.81 Å². The fraction of sp³-hybridized carbons (Fsp3) is 0.316. The van der Waals surface area contributed by atoms with Gasteiger partial charge in [0.15, 0.2) is 11.2 Å². The number of benzene rings is 1. The predicted molar refractivity (Wildman–Crippen MR) is 102 cm³/mol. The van der Waals surface area contributed by atoms with Gasteiger partial charge in [-0.15, -0.1) is 5.10 Å². The first-order chi connectivity index (χ1) is 13.9. The first-order valence-corrected chi connectivity index (χ1v) is 9.08. The van der Waals surface area contributed by atoms with Crippen LogP contribution in [0, 0.1) is 0 Å². The standard InChI is InChI=1S/C19H19FN6O3/c1-12(20)14-5-3-13(4-6-14)7-8-26-19(28)29-15(23-26)9-25-11-22-17-16(18(25)27)24(2)10-21-17/h3-6,10-12H,7-9H2,1-2H3. The minimum absolute atomic E-state index is 0.0156. The van der Waals surface area contributed by atoms with Crippen LogP contribution in [0.1, 0.15) is 30.1 Å². The number of aromatic nitrogens is 6. The fourth-order valence-electron chi connectivity index (χ4n) is 3.07. The molecule has 0 saturated carbocycles. The summed E-state index contributed by atoms with van der Waals surface area (Å²) >= 11 is 0. The SMILES string of the molecule is CC(F)c1ccc(CCn2nc(Cn3cnc4ncn(C)c4c3=O)oc2=O)cc1. The molecule has 1 unspecified atom stereocenters. The molecule has 0 N–H and O–H groups in total. The van der Waals surface area contributed by atoms with Crippen LogP contribution in [0.15, 0.2) is 50.9 Å². The number of aryl methyl sites for hydroxylation is 3. The van der Waals surface area contributed by atoms with Gasteiger partial charge in [-0.05, 0) is 24.5 Å². The van der Waals surface area contributed by atoms with E-state index in [2.05, 4.69) is 15.1 Å². The Balaban J connectivity index is 1.49. The van der Waals surface area contributed by atoms with Crippen molar-refractivity contribution in [3.63, 3.8) is 0 Å². The first-order valence-electron chi connectivity index (χ1n) is 9.08. The molecule has 3 aromatic heterocycles. The molecule has 9 nitrogen and oxygen atoms in total. The molecule has 0 aliphatic rings. The van der Waals surface area contributed by atoms with Gasteiger partial charge in [0.05, 0.1) is 12.9 Å². The lowest BCUT2D eigenvalue weighted by Gasteiger charge is -2.04. The van der Waals surface area contributed by atoms with E-state index in [1.165, 1.54) is 28.8 Å². The van der Waals surface area contributed by atoms with E-state index in [1.54, 1.807) is 23.7 Å². The van der Waals surface area contributed by atoms with Gasteiger partial charge in [-0.3, -0.25) is 9.36 Å². The second-order valence-electron chi connectivity index (χ2n) is 6.80. The Kier molecular flexibility index (Phi) is 4.83. The number of nitrogens with zero attached hydrogens (tertiary/aromatic N) is 6. The Bertz CT molecular complexity index is 1270. The number of alkyl halides is 1. The highest BCUT2D eigenvalue weighted by Gasteiger charge is 2.13. The van der Waals surface area contributed by atoms with Crippen LogP contribution in [-0.2, 0) is 26.6 Å². The Labute approximate surface area is 164 Å². The number of halogens is 1. The molecule has 0 bridgehead atoms. The summed E-state index contributed by atoms with van der Waals surface area (Å²) < 4.78 is 22.6. The van der Waals surface area contributed by atoms with E-state index in [0.29, 0.717) is 29.7 Å². The highest BCUT2D eigenvalue weighted by molar-refractivity contribution is 5.68. The van der Waals surface area contributed by atoms with Crippen LogP contribution >= 0.6 is 0 Å². The lowest BCUT2D eigenvalue weighted by Crippen LogP contribution is -2.22. The zero-order valence-electron chi connectivity index (χ0n) is 15.9. The minimum atomic E-state index is -1.02. The third kappa shape index (κ3) is 3.73. The average molecular weight is 398 g/mol. The van der Waals surface area contributed by atoms with E-state index in [4.69, 9.17) is 4.42 Å². The van der Waals surface area contributed by atoms with Gasteiger partial charge in [0.1, 0.15) is 19.0 Å². The maximum Gasteiger partial charge on any atom is 0.437 e. The van der Waals surface area contributed by atoms with Crippen molar-refractivity contribution in [3.8, 4) is 0 Å². The van der Waals surface area contributed by atoms with E-state index < -0.39 is 11.9 Å². The topological polar surface area (TPSA) is 101 Å². The molecular weight excluding hydrogens is 379 g/mol. The van der Waals surface area contributed by atoms with Crippen LogP contribution in [0.25, 0.3) is 11.2 Å². The van der Waals surface area contributed by atoms with E-state index in [0.717, 1.165) is 5.56 Å². The van der Waals surface area contributed by atoms with Gasteiger partial charge in [-0.25, -0.2) is 19.2 Å². The molecule has 10 heteroatoms. The molecule has 29 heavy (non-hydrogen) atoms. The summed E-state index contributed by atoms with van der Waals surface area (Å²) in [5.41, 5.74) is 1.98. The van der Waals surface area contributed by atoms with Gasteiger partial charge in [-0.2, -0.15) is 4.68 Å². The molecule has 0 fully saturated rings. The van der Waals surface area contributed by atoms with E-state index in [9.17, 15) is 14.0 Å². The van der Waals surface area contributed by atoms with Crippen LogP contribution in [-0.4, -0.2) is 28.9 Å². The smallest absolute Gasteiger partial charge is 0.390 e. The molecular formula is C19H19FN6O3. The summed E-state index contributed by atoms with van der Waals surface area (Å²) in [6, 6.07) is 7.10. The molecule has 4 rings (SSSR count). The lowest BCUT2D eigenvalue weighted by molar-refractivity contribution is 0.374. The first kappa shape index (κ1) is 18.8.